The molecule has 0 aromatic heterocycles. The highest BCUT2D eigenvalue weighted by molar-refractivity contribution is 7.80. The van der Waals surface area contributed by atoms with Gasteiger partial charge in [0.25, 0.3) is 0 Å². The first-order valence-corrected chi connectivity index (χ1v) is 9.68. The number of thiocarbonyl (C=S) groups is 1. The minimum absolute atomic E-state index is 0.429. The molecule has 144 valence electrons. The lowest BCUT2D eigenvalue weighted by Gasteiger charge is -2.12. The maximum atomic E-state index is 5.84. The van der Waals surface area contributed by atoms with Crippen LogP contribution in [0.15, 0.2) is 53.6 Å². The second kappa shape index (κ2) is 11.9. The predicted octanol–water partition coefficient (Wildman–Crippen LogP) is 4.97. The molecule has 0 spiro atoms. The van der Waals surface area contributed by atoms with Crippen LogP contribution in [0, 0.1) is 0 Å². The Labute approximate surface area is 166 Å². The van der Waals surface area contributed by atoms with Crippen LogP contribution in [0.5, 0.6) is 11.5 Å². The van der Waals surface area contributed by atoms with Gasteiger partial charge in [0, 0.05) is 5.69 Å². The van der Waals surface area contributed by atoms with Crippen LogP contribution in [0.4, 0.5) is 5.69 Å². The van der Waals surface area contributed by atoms with Crippen molar-refractivity contribution in [3.05, 3.63) is 54.1 Å². The summed E-state index contributed by atoms with van der Waals surface area (Å²) in [6.45, 7) is 5.41. The molecule has 0 radical (unpaired) electrons. The number of ether oxygens (including phenoxy) is 2. The van der Waals surface area contributed by atoms with Gasteiger partial charge in [-0.1, -0.05) is 38.0 Å². The molecule has 0 bridgehead atoms. The molecule has 2 aromatic rings. The standard InChI is InChI=1S/C21H27N3O2S/c1-3-5-9-14-26-19-13-12-17(15-20(19)25-4-2)16-22-24-21(27)23-18-10-7-6-8-11-18/h6-8,10-13,15-16H,3-5,9,14H2,1-2H3,(H2,23,24,27)/b22-16+. The molecule has 5 nitrogen and oxygen atoms in total. The average molecular weight is 386 g/mol. The summed E-state index contributed by atoms with van der Waals surface area (Å²) in [7, 11) is 0. The topological polar surface area (TPSA) is 54.9 Å². The van der Waals surface area contributed by atoms with Crippen LogP contribution in [0.25, 0.3) is 0 Å². The van der Waals surface area contributed by atoms with E-state index in [2.05, 4.69) is 22.8 Å². The van der Waals surface area contributed by atoms with Gasteiger partial charge in [-0.15, -0.1) is 0 Å². The fourth-order valence-corrected chi connectivity index (χ4v) is 2.54. The predicted molar refractivity (Wildman–Crippen MR) is 116 cm³/mol. The van der Waals surface area contributed by atoms with E-state index in [4.69, 9.17) is 21.7 Å². The van der Waals surface area contributed by atoms with Crippen molar-refractivity contribution in [1.29, 1.82) is 0 Å². The van der Waals surface area contributed by atoms with Gasteiger partial charge in [0.15, 0.2) is 16.6 Å². The highest BCUT2D eigenvalue weighted by Crippen LogP contribution is 2.28. The Balaban J connectivity index is 1.91. The summed E-state index contributed by atoms with van der Waals surface area (Å²) in [6, 6.07) is 15.5. The Morgan fingerprint density at radius 2 is 1.85 bits per heavy atom. The molecule has 2 N–H and O–H groups in total. The fourth-order valence-electron chi connectivity index (χ4n) is 2.37. The molecule has 27 heavy (non-hydrogen) atoms. The van der Waals surface area contributed by atoms with E-state index in [1.165, 1.54) is 6.42 Å². The van der Waals surface area contributed by atoms with Crippen LogP contribution in [-0.4, -0.2) is 24.5 Å². The lowest BCUT2D eigenvalue weighted by atomic mass is 10.2. The molecule has 6 heteroatoms. The van der Waals surface area contributed by atoms with Gasteiger partial charge in [-0.05, 0) is 61.5 Å². The molecule has 0 saturated carbocycles. The van der Waals surface area contributed by atoms with Crippen LogP contribution in [0.1, 0.15) is 38.7 Å². The van der Waals surface area contributed by atoms with Crippen molar-refractivity contribution in [2.24, 2.45) is 5.10 Å². The van der Waals surface area contributed by atoms with E-state index in [9.17, 15) is 0 Å². The zero-order chi connectivity index (χ0) is 19.3. The number of anilines is 1. The molecule has 0 amide bonds. The number of para-hydroxylation sites is 1. The summed E-state index contributed by atoms with van der Waals surface area (Å²) in [5.74, 6) is 1.49. The minimum Gasteiger partial charge on any atom is -0.490 e. The van der Waals surface area contributed by atoms with E-state index in [-0.39, 0.29) is 0 Å². The Morgan fingerprint density at radius 3 is 2.59 bits per heavy atom. The molecule has 0 aliphatic heterocycles. The van der Waals surface area contributed by atoms with Crippen LogP contribution < -0.4 is 20.2 Å². The Hall–Kier alpha value is -2.60. The smallest absolute Gasteiger partial charge is 0.191 e. The van der Waals surface area contributed by atoms with Gasteiger partial charge in [-0.25, -0.2) is 0 Å². The van der Waals surface area contributed by atoms with Gasteiger partial charge in [-0.3, -0.25) is 5.43 Å². The molecule has 0 heterocycles. The van der Waals surface area contributed by atoms with Gasteiger partial charge >= 0.3 is 0 Å². The molecule has 0 fully saturated rings. The highest BCUT2D eigenvalue weighted by atomic mass is 32.1. The fraction of sp³-hybridized carbons (Fsp3) is 0.333. The number of hydrogen-bond acceptors (Lipinski definition) is 4. The van der Waals surface area contributed by atoms with Crippen molar-refractivity contribution in [2.45, 2.75) is 33.1 Å². The number of nitrogens with one attached hydrogen (secondary N) is 2. The summed E-state index contributed by atoms with van der Waals surface area (Å²) in [5.41, 5.74) is 4.62. The molecular weight excluding hydrogens is 358 g/mol. The Kier molecular flexibility index (Phi) is 9.13. The third-order valence-corrected chi connectivity index (χ3v) is 3.88. The van der Waals surface area contributed by atoms with Gasteiger partial charge < -0.3 is 14.8 Å². The van der Waals surface area contributed by atoms with E-state index in [1.807, 2.05) is 55.5 Å². The molecule has 0 aliphatic carbocycles. The first kappa shape index (κ1) is 20.7. The van der Waals surface area contributed by atoms with E-state index >= 15 is 0 Å². The molecule has 2 rings (SSSR count). The second-order valence-electron chi connectivity index (χ2n) is 5.88. The van der Waals surface area contributed by atoms with E-state index in [0.717, 1.165) is 35.6 Å². The Bertz CT molecular complexity index is 735. The molecule has 0 aliphatic rings. The van der Waals surface area contributed by atoms with E-state index in [1.54, 1.807) is 6.21 Å². The molecule has 0 atom stereocenters. The first-order chi connectivity index (χ1) is 13.2. The van der Waals surface area contributed by atoms with Crippen LogP contribution in [0.3, 0.4) is 0 Å². The summed E-state index contributed by atoms with van der Waals surface area (Å²) in [5, 5.41) is 7.67. The van der Waals surface area contributed by atoms with Crippen molar-refractivity contribution in [2.75, 3.05) is 18.5 Å². The third-order valence-electron chi connectivity index (χ3n) is 3.68. The van der Waals surface area contributed by atoms with Gasteiger partial charge in [0.2, 0.25) is 0 Å². The summed E-state index contributed by atoms with van der Waals surface area (Å²) >= 11 is 5.23. The minimum atomic E-state index is 0.429. The number of nitrogens with zero attached hydrogens (tertiary/aromatic N) is 1. The number of rotatable bonds is 10. The largest absolute Gasteiger partial charge is 0.490 e. The SMILES string of the molecule is CCCCCOc1ccc(/C=N/NC(=S)Nc2ccccc2)cc1OCC. The molecule has 2 aromatic carbocycles. The highest BCUT2D eigenvalue weighted by Gasteiger charge is 2.06. The van der Waals surface area contributed by atoms with Gasteiger partial charge in [-0.2, -0.15) is 5.10 Å². The van der Waals surface area contributed by atoms with Gasteiger partial charge in [0.1, 0.15) is 0 Å². The summed E-state index contributed by atoms with van der Waals surface area (Å²) in [6.07, 6.45) is 5.08. The molecule has 0 saturated heterocycles. The average Bonchev–Trinajstić information content (AvgIpc) is 2.67. The zero-order valence-corrected chi connectivity index (χ0v) is 16.7. The first-order valence-electron chi connectivity index (χ1n) is 9.27. The van der Waals surface area contributed by atoms with Crippen molar-refractivity contribution >= 4 is 29.2 Å². The third kappa shape index (κ3) is 7.66. The maximum Gasteiger partial charge on any atom is 0.191 e. The lowest BCUT2D eigenvalue weighted by Crippen LogP contribution is -2.23. The summed E-state index contributed by atoms with van der Waals surface area (Å²) in [4.78, 5) is 0. The van der Waals surface area contributed by atoms with Gasteiger partial charge in [0.05, 0.1) is 19.4 Å². The molecular formula is C21H27N3O2S. The number of hydrogen-bond donors (Lipinski definition) is 2. The Morgan fingerprint density at radius 1 is 1.04 bits per heavy atom. The van der Waals surface area contributed by atoms with E-state index < -0.39 is 0 Å². The van der Waals surface area contributed by atoms with E-state index in [0.29, 0.717) is 18.3 Å². The lowest BCUT2D eigenvalue weighted by molar-refractivity contribution is 0.271. The maximum absolute atomic E-state index is 5.84. The normalized spacial score (nSPS) is 10.6. The van der Waals surface area contributed by atoms with Crippen molar-refractivity contribution < 1.29 is 9.47 Å². The quantitative estimate of drug-likeness (QED) is 0.262. The zero-order valence-electron chi connectivity index (χ0n) is 15.9. The number of unbranched alkanes of at least 4 members (excludes halogenated alkanes) is 2. The van der Waals surface area contributed by atoms with Crippen molar-refractivity contribution in [3.63, 3.8) is 0 Å². The van der Waals surface area contributed by atoms with Crippen LogP contribution in [0.2, 0.25) is 0 Å². The van der Waals surface area contributed by atoms with Crippen molar-refractivity contribution in [1.82, 2.24) is 5.43 Å². The number of benzene rings is 2. The molecule has 0 unspecified atom stereocenters. The summed E-state index contributed by atoms with van der Waals surface area (Å²) < 4.78 is 11.5. The second-order valence-corrected chi connectivity index (χ2v) is 6.29. The number of hydrazone groups is 1. The van der Waals surface area contributed by atoms with Crippen LogP contribution in [-0.2, 0) is 0 Å². The van der Waals surface area contributed by atoms with Crippen LogP contribution >= 0.6 is 12.2 Å². The monoisotopic (exact) mass is 385 g/mol. The van der Waals surface area contributed by atoms with Crippen molar-refractivity contribution in [3.8, 4) is 11.5 Å².